The van der Waals surface area contributed by atoms with Crippen LogP contribution in [0.25, 0.3) is 22.5 Å². The summed E-state index contributed by atoms with van der Waals surface area (Å²) in [5.41, 5.74) is 1.94. The average molecular weight is 449 g/mol. The van der Waals surface area contributed by atoms with Gasteiger partial charge in [-0.1, -0.05) is 35.9 Å². The van der Waals surface area contributed by atoms with Gasteiger partial charge in [-0.25, -0.2) is 9.67 Å². The van der Waals surface area contributed by atoms with Gasteiger partial charge in [0.1, 0.15) is 24.0 Å². The third kappa shape index (κ3) is 3.74. The quantitative estimate of drug-likeness (QED) is 0.392. The van der Waals surface area contributed by atoms with E-state index in [-0.39, 0.29) is 18.0 Å². The van der Waals surface area contributed by atoms with Gasteiger partial charge in [-0.3, -0.25) is 9.36 Å². The van der Waals surface area contributed by atoms with Gasteiger partial charge in [-0.2, -0.15) is 5.10 Å². The van der Waals surface area contributed by atoms with Crippen LogP contribution in [-0.2, 0) is 13.1 Å². The van der Waals surface area contributed by atoms with Crippen molar-refractivity contribution in [3.63, 3.8) is 0 Å². The Bertz CT molecular complexity index is 1450. The van der Waals surface area contributed by atoms with E-state index >= 15 is 0 Å². The lowest BCUT2D eigenvalue weighted by Crippen LogP contribution is -2.21. The molecule has 5 aromatic rings. The number of aromatic nitrogens is 6. The summed E-state index contributed by atoms with van der Waals surface area (Å²) in [4.78, 5) is 17.4. The minimum atomic E-state index is -0.241. The highest BCUT2D eigenvalue weighted by Gasteiger charge is 2.15. The summed E-state index contributed by atoms with van der Waals surface area (Å²) < 4.78 is 14.2. The zero-order valence-electron chi connectivity index (χ0n) is 17.0. The zero-order chi connectivity index (χ0) is 22.1. The summed E-state index contributed by atoms with van der Waals surface area (Å²) in [5.74, 6) is 1.22. The monoisotopic (exact) mass is 448 g/mol. The van der Waals surface area contributed by atoms with Gasteiger partial charge >= 0.3 is 0 Å². The number of hydrogen-bond acceptors (Lipinski definition) is 7. The summed E-state index contributed by atoms with van der Waals surface area (Å²) in [6.45, 7) is 0.565. The van der Waals surface area contributed by atoms with Crippen LogP contribution in [0.5, 0.6) is 5.75 Å². The molecule has 0 unspecified atom stereocenters. The Kier molecular flexibility index (Phi) is 5.16. The molecular weight excluding hydrogens is 432 g/mol. The molecule has 0 fully saturated rings. The lowest BCUT2D eigenvalue weighted by atomic mass is 10.2. The smallest absolute Gasteiger partial charge is 0.264 e. The number of nitrogens with zero attached hydrogens (tertiary/aromatic N) is 6. The Hall–Kier alpha value is -3.98. The van der Waals surface area contributed by atoms with Crippen LogP contribution in [0.4, 0.5) is 0 Å². The number of ether oxygens (including phenoxy) is 1. The van der Waals surface area contributed by atoms with E-state index in [1.54, 1.807) is 11.8 Å². The fourth-order valence-corrected chi connectivity index (χ4v) is 3.51. The molecule has 0 atom stereocenters. The number of halogens is 1. The van der Waals surface area contributed by atoms with E-state index in [1.807, 2.05) is 48.5 Å². The van der Waals surface area contributed by atoms with Gasteiger partial charge in [0.05, 0.1) is 25.4 Å². The number of methoxy groups -OCH3 is 1. The van der Waals surface area contributed by atoms with Crippen molar-refractivity contribution >= 4 is 22.6 Å². The molecule has 3 heterocycles. The van der Waals surface area contributed by atoms with Gasteiger partial charge < -0.3 is 9.15 Å². The Morgan fingerprint density at radius 1 is 1.06 bits per heavy atom. The molecule has 0 aliphatic heterocycles. The van der Waals surface area contributed by atoms with Crippen molar-refractivity contribution < 1.29 is 9.15 Å². The molecule has 0 saturated carbocycles. The first-order valence-corrected chi connectivity index (χ1v) is 10.1. The van der Waals surface area contributed by atoms with E-state index in [0.29, 0.717) is 39.8 Å². The molecule has 10 heteroatoms. The molecule has 0 bridgehead atoms. The molecule has 5 rings (SSSR count). The molecule has 2 aromatic carbocycles. The van der Waals surface area contributed by atoms with Gasteiger partial charge in [0.2, 0.25) is 5.89 Å². The normalized spacial score (nSPS) is 11.2. The second-order valence-electron chi connectivity index (χ2n) is 7.04. The maximum absolute atomic E-state index is 13.0. The molecule has 0 spiro atoms. The van der Waals surface area contributed by atoms with Crippen LogP contribution in [0.1, 0.15) is 11.5 Å². The topological polar surface area (TPSA) is 101 Å². The maximum Gasteiger partial charge on any atom is 0.264 e. The summed E-state index contributed by atoms with van der Waals surface area (Å²) in [7, 11) is 1.57. The standard InChI is InChI=1S/C22H17ClN6O3/c1-31-18-5-3-2-4-16(18)21-27-26-19(32-21)12-28-13-24-20-17(22(28)30)10-25-29(20)11-14-6-8-15(23)9-7-14/h2-10,13H,11-12H2,1H3. The van der Waals surface area contributed by atoms with Crippen LogP contribution in [0.15, 0.2) is 70.3 Å². The lowest BCUT2D eigenvalue weighted by Gasteiger charge is -2.05. The van der Waals surface area contributed by atoms with E-state index in [1.165, 1.54) is 17.1 Å². The molecule has 160 valence electrons. The molecular formula is C22H17ClN6O3. The average Bonchev–Trinajstić information content (AvgIpc) is 3.45. The van der Waals surface area contributed by atoms with Crippen molar-refractivity contribution in [1.29, 1.82) is 0 Å². The van der Waals surface area contributed by atoms with Crippen LogP contribution < -0.4 is 10.3 Å². The van der Waals surface area contributed by atoms with Gasteiger partial charge in [0.15, 0.2) is 5.65 Å². The van der Waals surface area contributed by atoms with Gasteiger partial charge in [-0.05, 0) is 29.8 Å². The number of rotatable bonds is 6. The lowest BCUT2D eigenvalue weighted by molar-refractivity contribution is 0.413. The van der Waals surface area contributed by atoms with Crippen molar-refractivity contribution in [1.82, 2.24) is 29.5 Å². The van der Waals surface area contributed by atoms with Crippen LogP contribution in [0.3, 0.4) is 0 Å². The predicted octanol–water partition coefficient (Wildman–Crippen LogP) is 3.40. The molecule has 0 aliphatic rings. The fraction of sp³-hybridized carbons (Fsp3) is 0.136. The van der Waals surface area contributed by atoms with Crippen LogP contribution in [0.2, 0.25) is 5.02 Å². The highest BCUT2D eigenvalue weighted by Crippen LogP contribution is 2.28. The minimum absolute atomic E-state index is 0.0896. The number of benzene rings is 2. The zero-order valence-corrected chi connectivity index (χ0v) is 17.7. The van der Waals surface area contributed by atoms with Crippen molar-refractivity contribution in [3.05, 3.63) is 87.9 Å². The molecule has 0 saturated heterocycles. The predicted molar refractivity (Wildman–Crippen MR) is 118 cm³/mol. The summed E-state index contributed by atoms with van der Waals surface area (Å²) in [6, 6.07) is 14.8. The largest absolute Gasteiger partial charge is 0.496 e. The molecule has 0 N–H and O–H groups in total. The minimum Gasteiger partial charge on any atom is -0.496 e. The Morgan fingerprint density at radius 3 is 2.69 bits per heavy atom. The van der Waals surface area contributed by atoms with Crippen molar-refractivity contribution in [2.75, 3.05) is 7.11 Å². The summed E-state index contributed by atoms with van der Waals surface area (Å²) >= 11 is 5.94. The first-order chi connectivity index (χ1) is 15.6. The molecule has 9 nitrogen and oxygen atoms in total. The van der Waals surface area contributed by atoms with E-state index in [4.69, 9.17) is 20.8 Å². The fourth-order valence-electron chi connectivity index (χ4n) is 3.38. The maximum atomic E-state index is 13.0. The number of para-hydroxylation sites is 1. The Morgan fingerprint density at radius 2 is 1.88 bits per heavy atom. The van der Waals surface area contributed by atoms with Crippen LogP contribution in [-0.4, -0.2) is 36.6 Å². The van der Waals surface area contributed by atoms with Gasteiger partial charge in [-0.15, -0.1) is 10.2 Å². The highest BCUT2D eigenvalue weighted by atomic mass is 35.5. The summed E-state index contributed by atoms with van der Waals surface area (Å²) in [5, 5.41) is 13.5. The van der Waals surface area contributed by atoms with E-state index < -0.39 is 0 Å². The number of fused-ring (bicyclic) bond motifs is 1. The highest BCUT2D eigenvalue weighted by molar-refractivity contribution is 6.30. The molecule has 32 heavy (non-hydrogen) atoms. The Labute approximate surface area is 186 Å². The first-order valence-electron chi connectivity index (χ1n) is 9.73. The molecule has 3 aromatic heterocycles. The van der Waals surface area contributed by atoms with E-state index in [0.717, 1.165) is 5.56 Å². The van der Waals surface area contributed by atoms with Crippen molar-refractivity contribution in [3.8, 4) is 17.2 Å². The van der Waals surface area contributed by atoms with E-state index in [2.05, 4.69) is 20.3 Å². The van der Waals surface area contributed by atoms with E-state index in [9.17, 15) is 4.79 Å². The molecule has 0 aliphatic carbocycles. The van der Waals surface area contributed by atoms with Crippen molar-refractivity contribution in [2.45, 2.75) is 13.1 Å². The van der Waals surface area contributed by atoms with Crippen LogP contribution >= 0.6 is 11.6 Å². The SMILES string of the molecule is COc1ccccc1-c1nnc(Cn2cnc3c(cnn3Cc3ccc(Cl)cc3)c2=O)o1. The van der Waals surface area contributed by atoms with Gasteiger partial charge in [0, 0.05) is 5.02 Å². The van der Waals surface area contributed by atoms with Crippen LogP contribution in [0, 0.1) is 0 Å². The third-order valence-corrected chi connectivity index (χ3v) is 5.23. The first kappa shape index (κ1) is 20.0. The second-order valence-corrected chi connectivity index (χ2v) is 7.48. The molecule has 0 radical (unpaired) electrons. The summed E-state index contributed by atoms with van der Waals surface area (Å²) in [6.07, 6.45) is 2.98. The number of hydrogen-bond donors (Lipinski definition) is 0. The van der Waals surface area contributed by atoms with Gasteiger partial charge in [0.25, 0.3) is 11.4 Å². The molecule has 0 amide bonds. The second kappa shape index (κ2) is 8.27. The Balaban J connectivity index is 1.41. The van der Waals surface area contributed by atoms with Crippen molar-refractivity contribution in [2.24, 2.45) is 0 Å². The third-order valence-electron chi connectivity index (χ3n) is 4.98.